The summed E-state index contributed by atoms with van der Waals surface area (Å²) >= 11 is 1.60. The molecule has 1 heterocycles. The van der Waals surface area contributed by atoms with Crippen LogP contribution in [0.1, 0.15) is 37.0 Å². The van der Waals surface area contributed by atoms with E-state index in [1.165, 1.54) is 0 Å². The van der Waals surface area contributed by atoms with Crippen molar-refractivity contribution in [2.24, 2.45) is 0 Å². The van der Waals surface area contributed by atoms with Crippen LogP contribution < -0.4 is 11.1 Å². The van der Waals surface area contributed by atoms with E-state index in [9.17, 15) is 4.79 Å². The highest BCUT2D eigenvalue weighted by Crippen LogP contribution is 2.26. The maximum absolute atomic E-state index is 12.1. The van der Waals surface area contributed by atoms with Gasteiger partial charge in [0.2, 0.25) is 5.91 Å². The zero-order valence-electron chi connectivity index (χ0n) is 13.7. The van der Waals surface area contributed by atoms with Crippen LogP contribution in [0.3, 0.4) is 0 Å². The molecule has 2 aromatic rings. The summed E-state index contributed by atoms with van der Waals surface area (Å²) in [5, 5.41) is 5.89. The monoisotopic (exact) mass is 375 g/mol. The number of nitrogens with zero attached hydrogens (tertiary/aromatic N) is 1. The molecule has 0 saturated carbocycles. The van der Waals surface area contributed by atoms with Gasteiger partial charge in [0.25, 0.3) is 0 Å². The molecule has 0 fully saturated rings. The average molecular weight is 376 g/mol. The molecule has 3 N–H and O–H groups in total. The van der Waals surface area contributed by atoms with Crippen LogP contribution in [0.25, 0.3) is 0 Å². The van der Waals surface area contributed by atoms with E-state index in [1.807, 2.05) is 24.4 Å². The number of carbonyl (C=O) groups excluding carboxylic acids is 1. The Bertz CT molecular complexity index is 666. The number of rotatable bonds is 3. The lowest BCUT2D eigenvalue weighted by atomic mass is 9.98. The zero-order valence-corrected chi connectivity index (χ0v) is 16.1. The minimum Gasteiger partial charge on any atom is -0.399 e. The number of nitrogens with two attached hydrogens (primary N) is 1. The second kappa shape index (κ2) is 8.52. The molecule has 0 saturated heterocycles. The average Bonchev–Trinajstić information content (AvgIpc) is 2.82. The normalized spacial score (nSPS) is 10.4. The number of aromatic nitrogens is 1. The first-order chi connectivity index (χ1) is 9.75. The fraction of sp³-hybridized carbons (Fsp3) is 0.375. The molecule has 1 aromatic carbocycles. The largest absolute Gasteiger partial charge is 0.399 e. The third kappa shape index (κ3) is 6.01. The van der Waals surface area contributed by atoms with Gasteiger partial charge in [-0.3, -0.25) is 4.79 Å². The van der Waals surface area contributed by atoms with Gasteiger partial charge in [0, 0.05) is 22.2 Å². The van der Waals surface area contributed by atoms with E-state index >= 15 is 0 Å². The molecule has 128 valence electrons. The Morgan fingerprint density at radius 1 is 1.30 bits per heavy atom. The second-order valence-corrected chi connectivity index (χ2v) is 7.05. The maximum Gasteiger partial charge on any atom is 0.230 e. The molecule has 23 heavy (non-hydrogen) atoms. The summed E-state index contributed by atoms with van der Waals surface area (Å²) in [6, 6.07) is 5.49. The van der Waals surface area contributed by atoms with Crippen molar-refractivity contribution >= 4 is 53.4 Å². The molecule has 1 aromatic heterocycles. The first-order valence-corrected chi connectivity index (χ1v) is 7.74. The molecule has 1 amide bonds. The number of hydrogen-bond donors (Lipinski definition) is 2. The lowest BCUT2D eigenvalue weighted by Crippen LogP contribution is -2.16. The van der Waals surface area contributed by atoms with Crippen LogP contribution in [0.4, 0.5) is 11.4 Å². The van der Waals surface area contributed by atoms with Crippen molar-refractivity contribution in [2.45, 2.75) is 39.5 Å². The Morgan fingerprint density at radius 3 is 2.52 bits per heavy atom. The van der Waals surface area contributed by atoms with Gasteiger partial charge in [-0.2, -0.15) is 0 Å². The number of anilines is 2. The molecule has 0 aliphatic heterocycles. The summed E-state index contributed by atoms with van der Waals surface area (Å²) in [6.07, 6.45) is 0.279. The summed E-state index contributed by atoms with van der Waals surface area (Å²) in [5.41, 5.74) is 8.96. The van der Waals surface area contributed by atoms with Crippen molar-refractivity contribution in [3.63, 3.8) is 0 Å². The molecular weight excluding hydrogens is 353 g/mol. The molecule has 0 unspecified atom stereocenters. The van der Waals surface area contributed by atoms with E-state index in [-0.39, 0.29) is 42.6 Å². The standard InChI is InChI=1S/C16H21N3OS.2ClH/c1-10-5-6-11(17)7-13(10)19-14(20)8-12-9-21-15(18-12)16(2,3)4;;/h5-7,9H,8,17H2,1-4H3,(H,19,20);2*1H. The zero-order chi connectivity index (χ0) is 15.6. The van der Waals surface area contributed by atoms with Gasteiger partial charge in [0.1, 0.15) is 0 Å². The van der Waals surface area contributed by atoms with Crippen LogP contribution in [-0.2, 0) is 16.6 Å². The van der Waals surface area contributed by atoms with Crippen molar-refractivity contribution in [3.05, 3.63) is 39.8 Å². The summed E-state index contributed by atoms with van der Waals surface area (Å²) in [5.74, 6) is -0.0746. The Hall–Kier alpha value is -1.30. The maximum atomic E-state index is 12.1. The van der Waals surface area contributed by atoms with Crippen molar-refractivity contribution in [1.82, 2.24) is 4.98 Å². The van der Waals surface area contributed by atoms with Gasteiger partial charge < -0.3 is 11.1 Å². The van der Waals surface area contributed by atoms with Gasteiger partial charge in [-0.25, -0.2) is 4.98 Å². The first kappa shape index (κ1) is 21.7. The van der Waals surface area contributed by atoms with Crippen molar-refractivity contribution < 1.29 is 4.79 Å². The number of aryl methyl sites for hydroxylation is 1. The van der Waals surface area contributed by atoms with Crippen LogP contribution in [0.15, 0.2) is 23.6 Å². The SMILES string of the molecule is Cc1ccc(N)cc1NC(=O)Cc1csc(C(C)(C)C)n1.Cl.Cl. The fourth-order valence-electron chi connectivity index (χ4n) is 1.87. The van der Waals surface area contributed by atoms with Gasteiger partial charge in [0.05, 0.1) is 17.1 Å². The molecule has 4 nitrogen and oxygen atoms in total. The number of hydrogen-bond acceptors (Lipinski definition) is 4. The van der Waals surface area contributed by atoms with Crippen molar-refractivity contribution in [3.8, 4) is 0 Å². The van der Waals surface area contributed by atoms with Crippen LogP contribution in [0.5, 0.6) is 0 Å². The van der Waals surface area contributed by atoms with Gasteiger partial charge in [0.15, 0.2) is 0 Å². The second-order valence-electron chi connectivity index (χ2n) is 6.19. The lowest BCUT2D eigenvalue weighted by Gasteiger charge is -2.13. The molecule has 0 atom stereocenters. The quantitative estimate of drug-likeness (QED) is 0.783. The van der Waals surface area contributed by atoms with Crippen LogP contribution in [0.2, 0.25) is 0 Å². The van der Waals surface area contributed by atoms with E-state index in [2.05, 4.69) is 31.1 Å². The van der Waals surface area contributed by atoms with E-state index in [1.54, 1.807) is 17.4 Å². The van der Waals surface area contributed by atoms with Gasteiger partial charge >= 0.3 is 0 Å². The highest BCUT2D eigenvalue weighted by Gasteiger charge is 2.18. The topological polar surface area (TPSA) is 68.0 Å². The van der Waals surface area contributed by atoms with E-state index in [0.717, 1.165) is 22.0 Å². The third-order valence-electron chi connectivity index (χ3n) is 3.07. The highest BCUT2D eigenvalue weighted by atomic mass is 35.5. The fourth-order valence-corrected chi connectivity index (χ4v) is 2.77. The Balaban J connectivity index is 0.00000242. The summed E-state index contributed by atoms with van der Waals surface area (Å²) in [7, 11) is 0. The predicted molar refractivity (Wildman–Crippen MR) is 103 cm³/mol. The number of amides is 1. The van der Waals surface area contributed by atoms with Gasteiger partial charge in [-0.1, -0.05) is 26.8 Å². The number of halogens is 2. The molecule has 0 aliphatic carbocycles. The van der Waals surface area contributed by atoms with E-state index in [0.29, 0.717) is 5.69 Å². The minimum atomic E-state index is -0.0746. The van der Waals surface area contributed by atoms with Gasteiger partial charge in [-0.15, -0.1) is 36.2 Å². The Kier molecular flexibility index (Phi) is 8.04. The Labute approximate surface area is 153 Å². The number of thiazole rings is 1. The molecule has 7 heteroatoms. The van der Waals surface area contributed by atoms with Crippen molar-refractivity contribution in [1.29, 1.82) is 0 Å². The summed E-state index contributed by atoms with van der Waals surface area (Å²) in [6.45, 7) is 8.29. The molecule has 0 bridgehead atoms. The van der Waals surface area contributed by atoms with E-state index in [4.69, 9.17) is 5.73 Å². The molecule has 0 spiro atoms. The molecule has 0 aliphatic rings. The molecule has 2 rings (SSSR count). The number of benzene rings is 1. The van der Waals surface area contributed by atoms with Crippen LogP contribution in [-0.4, -0.2) is 10.9 Å². The van der Waals surface area contributed by atoms with Crippen LogP contribution >= 0.6 is 36.2 Å². The smallest absolute Gasteiger partial charge is 0.230 e. The van der Waals surface area contributed by atoms with Gasteiger partial charge in [-0.05, 0) is 24.6 Å². The summed E-state index contributed by atoms with van der Waals surface area (Å²) in [4.78, 5) is 16.7. The van der Waals surface area contributed by atoms with Crippen LogP contribution in [0, 0.1) is 6.92 Å². The first-order valence-electron chi connectivity index (χ1n) is 6.86. The third-order valence-corrected chi connectivity index (χ3v) is 4.39. The number of nitrogen functional groups attached to an aromatic ring is 1. The number of nitrogens with one attached hydrogen (secondary N) is 1. The van der Waals surface area contributed by atoms with Crippen molar-refractivity contribution in [2.75, 3.05) is 11.1 Å². The van der Waals surface area contributed by atoms with E-state index < -0.39 is 0 Å². The number of carbonyl (C=O) groups is 1. The molecular formula is C16H23Cl2N3OS. The molecule has 0 radical (unpaired) electrons. The predicted octanol–water partition coefficient (Wildman–Crippen LogP) is 4.36. The Morgan fingerprint density at radius 2 is 1.96 bits per heavy atom. The minimum absolute atomic E-state index is 0. The highest BCUT2D eigenvalue weighted by molar-refractivity contribution is 7.09. The lowest BCUT2D eigenvalue weighted by molar-refractivity contribution is -0.115. The summed E-state index contributed by atoms with van der Waals surface area (Å²) < 4.78 is 0.